The van der Waals surface area contributed by atoms with E-state index in [-0.39, 0.29) is 11.2 Å². The summed E-state index contributed by atoms with van der Waals surface area (Å²) in [6.45, 7) is 7.15. The van der Waals surface area contributed by atoms with Crippen LogP contribution in [0.1, 0.15) is 40.0 Å². The van der Waals surface area contributed by atoms with E-state index in [1.807, 2.05) is 11.8 Å². The van der Waals surface area contributed by atoms with Crippen molar-refractivity contribution in [1.29, 1.82) is 0 Å². The highest BCUT2D eigenvalue weighted by atomic mass is 32.1. The van der Waals surface area contributed by atoms with E-state index in [2.05, 4.69) is 26.5 Å². The molecule has 1 fully saturated rings. The summed E-state index contributed by atoms with van der Waals surface area (Å²) in [7, 11) is 0. The van der Waals surface area contributed by atoms with Crippen LogP contribution in [0.3, 0.4) is 0 Å². The standard InChI is InChI=1S/C11H21NOS/c1-8(2)6-7-12(10-4-5-10)11(13)9(3)14/h8-10,14H,4-7H2,1-3H3. The maximum atomic E-state index is 11.8. The maximum Gasteiger partial charge on any atom is 0.235 e. The fourth-order valence-corrected chi connectivity index (χ4v) is 1.64. The zero-order chi connectivity index (χ0) is 10.7. The molecule has 3 heteroatoms. The van der Waals surface area contributed by atoms with E-state index in [1.54, 1.807) is 0 Å². The quantitative estimate of drug-likeness (QED) is 0.698. The minimum Gasteiger partial charge on any atom is -0.339 e. The molecular weight excluding hydrogens is 194 g/mol. The molecule has 0 heterocycles. The molecule has 0 saturated heterocycles. The number of hydrogen-bond acceptors (Lipinski definition) is 2. The molecule has 0 N–H and O–H groups in total. The van der Waals surface area contributed by atoms with Gasteiger partial charge in [-0.25, -0.2) is 0 Å². The molecule has 1 amide bonds. The van der Waals surface area contributed by atoms with Crippen LogP contribution in [0, 0.1) is 5.92 Å². The van der Waals surface area contributed by atoms with Crippen LogP contribution < -0.4 is 0 Å². The molecule has 0 aromatic carbocycles. The predicted molar refractivity (Wildman–Crippen MR) is 62.6 cm³/mol. The van der Waals surface area contributed by atoms with E-state index in [4.69, 9.17) is 0 Å². The number of hydrogen-bond donors (Lipinski definition) is 1. The first-order chi connectivity index (χ1) is 6.52. The fourth-order valence-electron chi connectivity index (χ4n) is 1.50. The summed E-state index contributed by atoms with van der Waals surface area (Å²) in [5.41, 5.74) is 0. The molecule has 0 radical (unpaired) electrons. The largest absolute Gasteiger partial charge is 0.339 e. The lowest BCUT2D eigenvalue weighted by Gasteiger charge is -2.24. The van der Waals surface area contributed by atoms with Gasteiger partial charge < -0.3 is 4.90 Å². The number of nitrogens with zero attached hydrogens (tertiary/aromatic N) is 1. The second-order valence-corrected chi connectivity index (χ2v) is 5.40. The second kappa shape index (κ2) is 5.06. The Bertz CT molecular complexity index is 199. The minimum atomic E-state index is -0.150. The van der Waals surface area contributed by atoms with Gasteiger partial charge in [-0.2, -0.15) is 12.6 Å². The van der Waals surface area contributed by atoms with Gasteiger partial charge in [-0.05, 0) is 32.1 Å². The van der Waals surface area contributed by atoms with Gasteiger partial charge in [-0.3, -0.25) is 4.79 Å². The molecule has 0 aromatic heterocycles. The smallest absolute Gasteiger partial charge is 0.235 e. The Hall–Kier alpha value is -0.180. The predicted octanol–water partition coefficient (Wildman–Crippen LogP) is 2.34. The van der Waals surface area contributed by atoms with Crippen molar-refractivity contribution in [3.63, 3.8) is 0 Å². The minimum absolute atomic E-state index is 0.150. The third-order valence-electron chi connectivity index (χ3n) is 2.58. The van der Waals surface area contributed by atoms with Gasteiger partial charge in [-0.15, -0.1) is 0 Å². The van der Waals surface area contributed by atoms with Crippen molar-refractivity contribution in [3.05, 3.63) is 0 Å². The van der Waals surface area contributed by atoms with Crippen LogP contribution in [0.4, 0.5) is 0 Å². The maximum absolute atomic E-state index is 11.8. The summed E-state index contributed by atoms with van der Waals surface area (Å²) in [4.78, 5) is 13.8. The highest BCUT2D eigenvalue weighted by Crippen LogP contribution is 2.28. The third-order valence-corrected chi connectivity index (χ3v) is 2.80. The fraction of sp³-hybridized carbons (Fsp3) is 0.909. The Balaban J connectivity index is 2.42. The van der Waals surface area contributed by atoms with Crippen molar-refractivity contribution in [2.45, 2.75) is 51.3 Å². The Morgan fingerprint density at radius 1 is 1.43 bits per heavy atom. The molecule has 2 nitrogen and oxygen atoms in total. The van der Waals surface area contributed by atoms with E-state index < -0.39 is 0 Å². The Kier molecular flexibility index (Phi) is 4.30. The van der Waals surface area contributed by atoms with Crippen LogP contribution in [0.15, 0.2) is 0 Å². The number of carbonyl (C=O) groups is 1. The van der Waals surface area contributed by atoms with Crippen molar-refractivity contribution in [2.75, 3.05) is 6.54 Å². The average molecular weight is 215 g/mol. The van der Waals surface area contributed by atoms with Gasteiger partial charge in [0.25, 0.3) is 0 Å². The third kappa shape index (κ3) is 3.52. The lowest BCUT2D eigenvalue weighted by atomic mass is 10.1. The number of carbonyl (C=O) groups excluding carboxylic acids is 1. The zero-order valence-electron chi connectivity index (χ0n) is 9.36. The first-order valence-electron chi connectivity index (χ1n) is 5.51. The van der Waals surface area contributed by atoms with Gasteiger partial charge in [0, 0.05) is 12.6 Å². The van der Waals surface area contributed by atoms with Crippen molar-refractivity contribution in [2.24, 2.45) is 5.92 Å². The average Bonchev–Trinajstić information content (AvgIpc) is 2.87. The topological polar surface area (TPSA) is 20.3 Å². The van der Waals surface area contributed by atoms with Gasteiger partial charge in [0.1, 0.15) is 0 Å². The molecule has 1 unspecified atom stereocenters. The molecule has 1 aliphatic carbocycles. The highest BCUT2D eigenvalue weighted by molar-refractivity contribution is 7.81. The molecule has 1 aliphatic rings. The first kappa shape index (κ1) is 11.9. The van der Waals surface area contributed by atoms with Gasteiger partial charge in [0.2, 0.25) is 5.91 Å². The van der Waals surface area contributed by atoms with Crippen LogP contribution in [0.2, 0.25) is 0 Å². The zero-order valence-corrected chi connectivity index (χ0v) is 10.3. The number of rotatable bonds is 5. The van der Waals surface area contributed by atoms with E-state index in [1.165, 1.54) is 12.8 Å². The van der Waals surface area contributed by atoms with Crippen molar-refractivity contribution < 1.29 is 4.79 Å². The molecule has 0 spiro atoms. The summed E-state index contributed by atoms with van der Waals surface area (Å²) < 4.78 is 0. The van der Waals surface area contributed by atoms with Gasteiger partial charge in [-0.1, -0.05) is 13.8 Å². The van der Waals surface area contributed by atoms with Crippen LogP contribution in [0.5, 0.6) is 0 Å². The molecule has 0 bridgehead atoms. The van der Waals surface area contributed by atoms with Gasteiger partial charge in [0.15, 0.2) is 0 Å². The van der Waals surface area contributed by atoms with Crippen molar-refractivity contribution in [1.82, 2.24) is 4.90 Å². The molecule has 1 saturated carbocycles. The van der Waals surface area contributed by atoms with Gasteiger partial charge >= 0.3 is 0 Å². The Morgan fingerprint density at radius 3 is 2.36 bits per heavy atom. The van der Waals surface area contributed by atoms with E-state index in [0.717, 1.165) is 13.0 Å². The van der Waals surface area contributed by atoms with E-state index in [0.29, 0.717) is 12.0 Å². The van der Waals surface area contributed by atoms with Crippen LogP contribution in [-0.4, -0.2) is 28.6 Å². The first-order valence-corrected chi connectivity index (χ1v) is 6.02. The summed E-state index contributed by atoms with van der Waals surface area (Å²) in [6, 6.07) is 0.524. The molecule has 1 rings (SSSR count). The van der Waals surface area contributed by atoms with Crippen LogP contribution >= 0.6 is 12.6 Å². The summed E-state index contributed by atoms with van der Waals surface area (Å²) >= 11 is 4.21. The van der Waals surface area contributed by atoms with E-state index >= 15 is 0 Å². The lowest BCUT2D eigenvalue weighted by Crippen LogP contribution is -2.38. The molecule has 82 valence electrons. The Morgan fingerprint density at radius 2 is 2.00 bits per heavy atom. The molecule has 0 aromatic rings. The number of thiol groups is 1. The second-order valence-electron chi connectivity index (χ2n) is 4.62. The highest BCUT2D eigenvalue weighted by Gasteiger charge is 2.33. The van der Waals surface area contributed by atoms with Crippen molar-refractivity contribution >= 4 is 18.5 Å². The van der Waals surface area contributed by atoms with Crippen LogP contribution in [0.25, 0.3) is 0 Å². The summed E-state index contributed by atoms with van der Waals surface area (Å²) in [5.74, 6) is 0.871. The van der Waals surface area contributed by atoms with Gasteiger partial charge in [0.05, 0.1) is 5.25 Å². The molecule has 14 heavy (non-hydrogen) atoms. The lowest BCUT2D eigenvalue weighted by molar-refractivity contribution is -0.131. The summed E-state index contributed by atoms with van der Waals surface area (Å²) in [6.07, 6.45) is 3.47. The normalized spacial score (nSPS) is 18.4. The van der Waals surface area contributed by atoms with Crippen LogP contribution in [-0.2, 0) is 4.79 Å². The Labute approximate surface area is 92.5 Å². The van der Waals surface area contributed by atoms with Crippen molar-refractivity contribution in [3.8, 4) is 0 Å². The van der Waals surface area contributed by atoms with E-state index in [9.17, 15) is 4.79 Å². The molecule has 0 aliphatic heterocycles. The molecular formula is C11H21NOS. The number of amides is 1. The molecule has 1 atom stereocenters. The SMILES string of the molecule is CC(C)CCN(C(=O)C(C)S)C1CC1. The monoisotopic (exact) mass is 215 g/mol. The summed E-state index contributed by atoms with van der Waals surface area (Å²) in [5, 5.41) is -0.150.